The molecule has 0 aromatic heterocycles. The van der Waals surface area contributed by atoms with Crippen LogP contribution in [-0.4, -0.2) is 30.9 Å². The van der Waals surface area contributed by atoms with Crippen LogP contribution < -0.4 is 10.6 Å². The van der Waals surface area contributed by atoms with Crippen molar-refractivity contribution in [3.63, 3.8) is 0 Å². The van der Waals surface area contributed by atoms with Gasteiger partial charge in [-0.05, 0) is 42.8 Å². The number of anilines is 1. The Hall–Kier alpha value is -2.86. The lowest BCUT2D eigenvalue weighted by molar-refractivity contribution is -0.147. The van der Waals surface area contributed by atoms with E-state index in [4.69, 9.17) is 16.3 Å². The van der Waals surface area contributed by atoms with E-state index in [0.29, 0.717) is 29.2 Å². The average Bonchev–Trinajstić information content (AvgIpc) is 2.65. The Labute approximate surface area is 156 Å². The molecule has 0 spiro atoms. The van der Waals surface area contributed by atoms with E-state index < -0.39 is 11.9 Å². The number of para-hydroxylation sites is 1. The van der Waals surface area contributed by atoms with Crippen LogP contribution in [0.15, 0.2) is 54.6 Å². The second kappa shape index (κ2) is 10.2. The standard InChI is InChI=1S/C19H19ClN2O4/c20-15-10-8-14(9-11-15)19(25)21-12-4-7-18(24)26-13-17(23)22-16-5-2-1-3-6-16/h1-3,5-6,8-11H,4,7,12-13H2,(H,21,25)(H,22,23). The quantitative estimate of drug-likeness (QED) is 0.549. The molecular formula is C19H19ClN2O4. The number of halogens is 1. The largest absolute Gasteiger partial charge is 0.456 e. The molecule has 26 heavy (non-hydrogen) atoms. The Bertz CT molecular complexity index is 748. The summed E-state index contributed by atoms with van der Waals surface area (Å²) in [6.45, 7) is -0.0162. The zero-order chi connectivity index (χ0) is 18.8. The number of amides is 2. The molecule has 2 amide bonds. The molecule has 6 nitrogen and oxygen atoms in total. The van der Waals surface area contributed by atoms with Crippen molar-refractivity contribution < 1.29 is 19.1 Å². The van der Waals surface area contributed by atoms with Gasteiger partial charge in [-0.1, -0.05) is 29.8 Å². The number of carbonyl (C=O) groups excluding carboxylic acids is 3. The Morgan fingerprint density at radius 3 is 2.35 bits per heavy atom. The normalized spacial score (nSPS) is 10.0. The monoisotopic (exact) mass is 374 g/mol. The fraction of sp³-hybridized carbons (Fsp3) is 0.211. The lowest BCUT2D eigenvalue weighted by atomic mass is 10.2. The summed E-state index contributed by atoms with van der Waals surface area (Å²) in [5.41, 5.74) is 1.13. The summed E-state index contributed by atoms with van der Waals surface area (Å²) < 4.78 is 4.90. The number of rotatable bonds is 8. The van der Waals surface area contributed by atoms with E-state index in [9.17, 15) is 14.4 Å². The lowest BCUT2D eigenvalue weighted by Gasteiger charge is -2.07. The highest BCUT2D eigenvalue weighted by atomic mass is 35.5. The minimum Gasteiger partial charge on any atom is -0.456 e. The number of carbonyl (C=O) groups is 3. The SMILES string of the molecule is O=C(COC(=O)CCCNC(=O)c1ccc(Cl)cc1)Nc1ccccc1. The maximum atomic E-state index is 11.9. The van der Waals surface area contributed by atoms with Crippen molar-refractivity contribution in [1.29, 1.82) is 0 Å². The topological polar surface area (TPSA) is 84.5 Å². The fourth-order valence-electron chi connectivity index (χ4n) is 2.07. The first kappa shape index (κ1) is 19.5. The first-order chi connectivity index (χ1) is 12.5. The molecule has 136 valence electrons. The maximum Gasteiger partial charge on any atom is 0.306 e. The van der Waals surface area contributed by atoms with Crippen molar-refractivity contribution in [2.24, 2.45) is 0 Å². The molecule has 2 N–H and O–H groups in total. The highest BCUT2D eigenvalue weighted by Crippen LogP contribution is 2.09. The molecule has 0 fully saturated rings. The molecule has 0 aliphatic heterocycles. The highest BCUT2D eigenvalue weighted by Gasteiger charge is 2.09. The summed E-state index contributed by atoms with van der Waals surface area (Å²) in [6.07, 6.45) is 0.526. The van der Waals surface area contributed by atoms with Gasteiger partial charge in [0.05, 0.1) is 0 Å². The molecule has 0 saturated carbocycles. The van der Waals surface area contributed by atoms with E-state index in [-0.39, 0.29) is 18.9 Å². The lowest BCUT2D eigenvalue weighted by Crippen LogP contribution is -2.25. The van der Waals surface area contributed by atoms with Crippen molar-refractivity contribution in [3.8, 4) is 0 Å². The minimum atomic E-state index is -0.492. The van der Waals surface area contributed by atoms with E-state index in [2.05, 4.69) is 10.6 Å². The summed E-state index contributed by atoms with van der Waals surface area (Å²) in [7, 11) is 0. The van der Waals surface area contributed by atoms with Gasteiger partial charge in [0.25, 0.3) is 11.8 Å². The van der Waals surface area contributed by atoms with Crippen LogP contribution in [0.1, 0.15) is 23.2 Å². The van der Waals surface area contributed by atoms with Crippen LogP contribution in [0, 0.1) is 0 Å². The second-order valence-corrected chi connectivity index (χ2v) is 5.88. The predicted molar refractivity (Wildman–Crippen MR) is 99.0 cm³/mol. The van der Waals surface area contributed by atoms with Gasteiger partial charge in [-0.25, -0.2) is 0 Å². The molecule has 0 saturated heterocycles. The van der Waals surface area contributed by atoms with Crippen molar-refractivity contribution in [2.75, 3.05) is 18.5 Å². The van der Waals surface area contributed by atoms with Crippen LogP contribution in [0.2, 0.25) is 5.02 Å². The van der Waals surface area contributed by atoms with Gasteiger partial charge in [0, 0.05) is 29.2 Å². The zero-order valence-electron chi connectivity index (χ0n) is 14.0. The third kappa shape index (κ3) is 6.94. The third-order valence-corrected chi connectivity index (χ3v) is 3.62. The van der Waals surface area contributed by atoms with E-state index in [0.717, 1.165) is 0 Å². The van der Waals surface area contributed by atoms with E-state index in [1.54, 1.807) is 48.5 Å². The van der Waals surface area contributed by atoms with Crippen LogP contribution in [0.5, 0.6) is 0 Å². The van der Waals surface area contributed by atoms with Gasteiger partial charge in [-0.15, -0.1) is 0 Å². The Balaban J connectivity index is 1.59. The number of ether oxygens (including phenoxy) is 1. The molecule has 0 unspecified atom stereocenters. The predicted octanol–water partition coefficient (Wildman–Crippen LogP) is 3.03. The first-order valence-corrected chi connectivity index (χ1v) is 8.46. The Morgan fingerprint density at radius 1 is 0.962 bits per heavy atom. The van der Waals surface area contributed by atoms with Gasteiger partial charge >= 0.3 is 5.97 Å². The summed E-state index contributed by atoms with van der Waals surface area (Å²) in [5, 5.41) is 5.88. The van der Waals surface area contributed by atoms with E-state index in [1.807, 2.05) is 6.07 Å². The number of hydrogen-bond donors (Lipinski definition) is 2. The molecule has 0 radical (unpaired) electrons. The van der Waals surface area contributed by atoms with Crippen LogP contribution in [0.4, 0.5) is 5.69 Å². The average molecular weight is 375 g/mol. The molecule has 7 heteroatoms. The van der Waals surface area contributed by atoms with Gasteiger partial charge in [0.15, 0.2) is 6.61 Å². The van der Waals surface area contributed by atoms with Gasteiger partial charge in [-0.3, -0.25) is 14.4 Å². The number of benzene rings is 2. The first-order valence-electron chi connectivity index (χ1n) is 8.09. The van der Waals surface area contributed by atoms with Gasteiger partial charge in [-0.2, -0.15) is 0 Å². The number of nitrogens with one attached hydrogen (secondary N) is 2. The molecule has 2 rings (SSSR count). The minimum absolute atomic E-state index is 0.111. The van der Waals surface area contributed by atoms with Gasteiger partial charge < -0.3 is 15.4 Å². The van der Waals surface area contributed by atoms with Crippen molar-refractivity contribution in [1.82, 2.24) is 5.32 Å². The molecule has 0 aliphatic carbocycles. The second-order valence-electron chi connectivity index (χ2n) is 5.44. The molecule has 2 aromatic rings. The maximum absolute atomic E-state index is 11.9. The van der Waals surface area contributed by atoms with E-state index in [1.165, 1.54) is 0 Å². The zero-order valence-corrected chi connectivity index (χ0v) is 14.8. The van der Waals surface area contributed by atoms with Crippen LogP contribution >= 0.6 is 11.6 Å². The molecule has 0 atom stereocenters. The summed E-state index contributed by atoms with van der Waals surface area (Å²) >= 11 is 5.76. The molecule has 0 heterocycles. The molecule has 2 aromatic carbocycles. The number of esters is 1. The molecule has 0 bridgehead atoms. The molecular weight excluding hydrogens is 356 g/mol. The van der Waals surface area contributed by atoms with Crippen LogP contribution in [0.3, 0.4) is 0 Å². The third-order valence-electron chi connectivity index (χ3n) is 3.37. The molecule has 0 aliphatic rings. The van der Waals surface area contributed by atoms with Gasteiger partial charge in [0.2, 0.25) is 0 Å². The van der Waals surface area contributed by atoms with Crippen LogP contribution in [0.25, 0.3) is 0 Å². The summed E-state index contributed by atoms with van der Waals surface area (Å²) in [6, 6.07) is 15.4. The highest BCUT2D eigenvalue weighted by molar-refractivity contribution is 6.30. The van der Waals surface area contributed by atoms with Crippen molar-refractivity contribution in [3.05, 3.63) is 65.2 Å². The smallest absolute Gasteiger partial charge is 0.306 e. The fourth-order valence-corrected chi connectivity index (χ4v) is 2.20. The summed E-state index contributed by atoms with van der Waals surface area (Å²) in [5.74, 6) is -1.13. The van der Waals surface area contributed by atoms with Crippen LogP contribution in [-0.2, 0) is 14.3 Å². The van der Waals surface area contributed by atoms with Crippen molar-refractivity contribution >= 4 is 35.1 Å². The van der Waals surface area contributed by atoms with Crippen molar-refractivity contribution in [2.45, 2.75) is 12.8 Å². The van der Waals surface area contributed by atoms with E-state index >= 15 is 0 Å². The Kier molecular flexibility index (Phi) is 7.64. The Morgan fingerprint density at radius 2 is 1.65 bits per heavy atom. The summed E-state index contributed by atoms with van der Waals surface area (Å²) in [4.78, 5) is 35.2. The number of hydrogen-bond acceptors (Lipinski definition) is 4. The van der Waals surface area contributed by atoms with Gasteiger partial charge in [0.1, 0.15) is 0 Å².